The van der Waals surface area contributed by atoms with Crippen LogP contribution in [0, 0.1) is 6.92 Å². The van der Waals surface area contributed by atoms with Crippen molar-refractivity contribution in [2.24, 2.45) is 0 Å². The molecule has 0 spiro atoms. The third-order valence-electron chi connectivity index (χ3n) is 2.32. The maximum Gasteiger partial charge on any atom is 0.208 e. The van der Waals surface area contributed by atoms with Gasteiger partial charge in [0.1, 0.15) is 0 Å². The quantitative estimate of drug-likeness (QED) is 0.523. The first-order valence-corrected chi connectivity index (χ1v) is 7.32. The second kappa shape index (κ2) is 5.88. The van der Waals surface area contributed by atoms with Gasteiger partial charge in [0.25, 0.3) is 0 Å². The van der Waals surface area contributed by atoms with Crippen LogP contribution in [0.2, 0.25) is 0 Å². The normalized spacial score (nSPS) is 11.4. The molecule has 0 atom stereocenters. The molecule has 1 aromatic rings. The van der Waals surface area contributed by atoms with Gasteiger partial charge in [0.2, 0.25) is 10.0 Å². The second-order valence-electron chi connectivity index (χ2n) is 4.02. The molecule has 0 unspecified atom stereocenters. The smallest absolute Gasteiger partial charge is 0.208 e. The van der Waals surface area contributed by atoms with Crippen LogP contribution in [0.5, 0.6) is 0 Å². The fraction of sp³-hybridized carbons (Fsp3) is 0.455. The minimum Gasteiger partial charge on any atom is -0.399 e. The Hall–Kier alpha value is -1.27. The predicted molar refractivity (Wildman–Crippen MR) is 71.5 cm³/mol. The zero-order valence-electron chi connectivity index (χ0n) is 10.2. The lowest BCUT2D eigenvalue weighted by atomic mass is 10.2. The minimum absolute atomic E-state index is 0.444. The van der Waals surface area contributed by atoms with Gasteiger partial charge in [0.15, 0.2) is 0 Å². The van der Waals surface area contributed by atoms with Crippen LogP contribution < -0.4 is 15.8 Å². The van der Waals surface area contributed by atoms with Crippen molar-refractivity contribution in [1.29, 1.82) is 0 Å². The van der Waals surface area contributed by atoms with Crippen molar-refractivity contribution < 1.29 is 8.42 Å². The lowest BCUT2D eigenvalue weighted by Crippen LogP contribution is -2.24. The van der Waals surface area contributed by atoms with Crippen LogP contribution in [0.15, 0.2) is 18.2 Å². The summed E-state index contributed by atoms with van der Waals surface area (Å²) in [6.07, 6.45) is 1.89. The van der Waals surface area contributed by atoms with E-state index in [2.05, 4.69) is 10.0 Å². The lowest BCUT2D eigenvalue weighted by Gasteiger charge is -2.08. The summed E-state index contributed by atoms with van der Waals surface area (Å²) >= 11 is 0. The van der Waals surface area contributed by atoms with Gasteiger partial charge in [-0.15, -0.1) is 0 Å². The average molecular weight is 257 g/mol. The Morgan fingerprint density at radius 3 is 2.59 bits per heavy atom. The second-order valence-corrected chi connectivity index (χ2v) is 5.85. The minimum atomic E-state index is -3.08. The molecule has 1 aromatic carbocycles. The van der Waals surface area contributed by atoms with Gasteiger partial charge in [0.05, 0.1) is 6.26 Å². The lowest BCUT2D eigenvalue weighted by molar-refractivity contribution is 0.586. The van der Waals surface area contributed by atoms with E-state index >= 15 is 0 Å². The van der Waals surface area contributed by atoms with Gasteiger partial charge >= 0.3 is 0 Å². The highest BCUT2D eigenvalue weighted by atomic mass is 32.2. The molecular weight excluding hydrogens is 238 g/mol. The number of nitrogens with two attached hydrogens (primary N) is 1. The van der Waals surface area contributed by atoms with Gasteiger partial charge in [-0.05, 0) is 37.1 Å². The Labute approximate surface area is 102 Å². The molecule has 0 aliphatic rings. The van der Waals surface area contributed by atoms with Crippen LogP contribution in [0.25, 0.3) is 0 Å². The Morgan fingerprint density at radius 2 is 2.00 bits per heavy atom. The van der Waals surface area contributed by atoms with Crippen LogP contribution in [0.3, 0.4) is 0 Å². The fourth-order valence-electron chi connectivity index (χ4n) is 1.36. The van der Waals surface area contributed by atoms with Crippen molar-refractivity contribution in [3.8, 4) is 0 Å². The summed E-state index contributed by atoms with van der Waals surface area (Å²) < 4.78 is 24.0. The molecule has 0 radical (unpaired) electrons. The molecule has 0 aliphatic carbocycles. The molecule has 6 heteroatoms. The first-order valence-electron chi connectivity index (χ1n) is 5.43. The van der Waals surface area contributed by atoms with E-state index in [1.165, 1.54) is 0 Å². The molecule has 1 rings (SSSR count). The molecule has 0 amide bonds. The highest BCUT2D eigenvalue weighted by Gasteiger charge is 1.99. The van der Waals surface area contributed by atoms with Crippen LogP contribution >= 0.6 is 0 Å². The number of rotatable bonds is 6. The van der Waals surface area contributed by atoms with Crippen molar-refractivity contribution in [2.75, 3.05) is 30.4 Å². The summed E-state index contributed by atoms with van der Waals surface area (Å²) in [7, 11) is -3.08. The van der Waals surface area contributed by atoms with Crippen molar-refractivity contribution in [2.45, 2.75) is 13.3 Å². The Bertz CT molecular complexity index is 472. The topological polar surface area (TPSA) is 84.2 Å². The maximum atomic E-state index is 10.8. The zero-order chi connectivity index (χ0) is 12.9. The molecule has 0 fully saturated rings. The highest BCUT2D eigenvalue weighted by molar-refractivity contribution is 7.88. The third kappa shape index (κ3) is 5.55. The van der Waals surface area contributed by atoms with Gasteiger partial charge in [-0.1, -0.05) is 0 Å². The van der Waals surface area contributed by atoms with E-state index in [9.17, 15) is 8.42 Å². The van der Waals surface area contributed by atoms with Gasteiger partial charge in [-0.2, -0.15) is 0 Å². The summed E-state index contributed by atoms with van der Waals surface area (Å²) in [5.41, 5.74) is 8.51. The van der Waals surface area contributed by atoms with E-state index in [4.69, 9.17) is 5.73 Å². The van der Waals surface area contributed by atoms with Crippen molar-refractivity contribution in [3.05, 3.63) is 23.8 Å². The van der Waals surface area contributed by atoms with E-state index in [-0.39, 0.29) is 0 Å². The molecule has 0 aromatic heterocycles. The van der Waals surface area contributed by atoms with Crippen molar-refractivity contribution in [3.63, 3.8) is 0 Å². The predicted octanol–water partition coefficient (Wildman–Crippen LogP) is 0.928. The number of sulfonamides is 1. The first kappa shape index (κ1) is 13.8. The van der Waals surface area contributed by atoms with Gasteiger partial charge in [0, 0.05) is 24.5 Å². The molecule has 0 heterocycles. The summed E-state index contributed by atoms with van der Waals surface area (Å²) in [6, 6.07) is 5.73. The summed E-state index contributed by atoms with van der Waals surface area (Å²) in [5, 5.41) is 3.21. The zero-order valence-corrected chi connectivity index (χ0v) is 11.0. The third-order valence-corrected chi connectivity index (χ3v) is 3.05. The number of nitrogens with one attached hydrogen (secondary N) is 2. The number of aryl methyl sites for hydroxylation is 1. The average Bonchev–Trinajstić information content (AvgIpc) is 2.21. The molecular formula is C11H19N3O2S. The standard InChI is InChI=1S/C11H19N3O2S/c1-9-8-10(4-5-11(9)12)13-6-3-7-14-17(2,15)16/h4-5,8,13-14H,3,6-7,12H2,1-2H3. The van der Waals surface area contributed by atoms with Gasteiger partial charge < -0.3 is 11.1 Å². The molecule has 5 nitrogen and oxygen atoms in total. The number of hydrogen-bond acceptors (Lipinski definition) is 4. The molecule has 96 valence electrons. The molecule has 0 saturated heterocycles. The molecule has 4 N–H and O–H groups in total. The summed E-state index contributed by atoms with van der Waals surface area (Å²) in [5.74, 6) is 0. The van der Waals surface area contributed by atoms with E-state index in [0.717, 1.165) is 29.6 Å². The van der Waals surface area contributed by atoms with E-state index in [1.54, 1.807) is 0 Å². The van der Waals surface area contributed by atoms with E-state index in [0.29, 0.717) is 13.1 Å². The summed E-state index contributed by atoms with van der Waals surface area (Å²) in [4.78, 5) is 0. The van der Waals surface area contributed by atoms with Gasteiger partial charge in [-0.3, -0.25) is 0 Å². The molecule has 0 saturated carbocycles. The monoisotopic (exact) mass is 257 g/mol. The number of benzene rings is 1. The molecule has 0 aliphatic heterocycles. The van der Waals surface area contributed by atoms with Crippen molar-refractivity contribution in [1.82, 2.24) is 4.72 Å². The van der Waals surface area contributed by atoms with Crippen molar-refractivity contribution >= 4 is 21.4 Å². The molecule has 17 heavy (non-hydrogen) atoms. The number of anilines is 2. The van der Waals surface area contributed by atoms with Crippen LogP contribution in [-0.2, 0) is 10.0 Å². The van der Waals surface area contributed by atoms with E-state index < -0.39 is 10.0 Å². The van der Waals surface area contributed by atoms with Crippen LogP contribution in [0.1, 0.15) is 12.0 Å². The Kier molecular flexibility index (Phi) is 4.77. The maximum absolute atomic E-state index is 10.8. The fourth-order valence-corrected chi connectivity index (χ4v) is 1.88. The number of hydrogen-bond donors (Lipinski definition) is 3. The van der Waals surface area contributed by atoms with Gasteiger partial charge in [-0.25, -0.2) is 13.1 Å². The number of nitrogen functional groups attached to an aromatic ring is 1. The SMILES string of the molecule is Cc1cc(NCCCNS(C)(=O)=O)ccc1N. The first-order chi connectivity index (χ1) is 7.88. The Balaban J connectivity index is 2.29. The van der Waals surface area contributed by atoms with Crippen LogP contribution in [-0.4, -0.2) is 27.8 Å². The highest BCUT2D eigenvalue weighted by Crippen LogP contribution is 2.16. The summed E-state index contributed by atoms with van der Waals surface area (Å²) in [6.45, 7) is 3.11. The largest absolute Gasteiger partial charge is 0.399 e. The van der Waals surface area contributed by atoms with Crippen LogP contribution in [0.4, 0.5) is 11.4 Å². The molecule has 0 bridgehead atoms. The van der Waals surface area contributed by atoms with E-state index in [1.807, 2.05) is 25.1 Å². The Morgan fingerprint density at radius 1 is 1.29 bits per heavy atom.